The Morgan fingerprint density at radius 2 is 2.03 bits per heavy atom. The Morgan fingerprint density at radius 1 is 1.20 bits per heavy atom. The molecule has 1 amide bonds. The third-order valence-corrected chi connectivity index (χ3v) is 6.83. The molecule has 6 nitrogen and oxygen atoms in total. The summed E-state index contributed by atoms with van der Waals surface area (Å²) in [6, 6.07) is 10.5. The molecule has 0 saturated carbocycles. The molecule has 0 saturated heterocycles. The van der Waals surface area contributed by atoms with Crippen LogP contribution in [0.2, 0.25) is 5.02 Å². The van der Waals surface area contributed by atoms with Gasteiger partial charge in [0.05, 0.1) is 17.9 Å². The third kappa shape index (κ3) is 4.95. The number of thiazole rings is 1. The zero-order chi connectivity index (χ0) is 21.1. The summed E-state index contributed by atoms with van der Waals surface area (Å²) in [6.45, 7) is 2.08. The summed E-state index contributed by atoms with van der Waals surface area (Å²) in [6.07, 6.45) is 0.151. The van der Waals surface area contributed by atoms with Crippen molar-refractivity contribution in [2.75, 3.05) is 17.9 Å². The monoisotopic (exact) mass is 460 g/mol. The van der Waals surface area contributed by atoms with E-state index in [-0.39, 0.29) is 30.7 Å². The zero-order valence-corrected chi connectivity index (χ0v) is 18.3. The molecule has 154 valence electrons. The van der Waals surface area contributed by atoms with Crippen LogP contribution in [-0.4, -0.2) is 29.2 Å². The topological polar surface area (TPSA) is 77.5 Å². The number of nitrogens with zero attached hydrogens (tertiary/aromatic N) is 1. The van der Waals surface area contributed by atoms with Gasteiger partial charge in [-0.25, -0.2) is 4.98 Å². The van der Waals surface area contributed by atoms with Gasteiger partial charge in [-0.3, -0.25) is 9.59 Å². The number of hydrogen-bond acceptors (Lipinski definition) is 7. The van der Waals surface area contributed by atoms with Crippen LogP contribution in [0.3, 0.4) is 0 Å². The van der Waals surface area contributed by atoms with Gasteiger partial charge in [-0.05, 0) is 42.8 Å². The van der Waals surface area contributed by atoms with Crippen molar-refractivity contribution in [1.82, 2.24) is 4.98 Å². The van der Waals surface area contributed by atoms with Crippen LogP contribution in [0, 0.1) is 6.92 Å². The SMILES string of the molecule is Cc1ccc(NC(=O)Cc2csc(SCC(=O)c3ccc4c(c3)OCO4)n2)cc1Cl. The average molecular weight is 461 g/mol. The van der Waals surface area contributed by atoms with E-state index in [4.69, 9.17) is 21.1 Å². The van der Waals surface area contributed by atoms with Gasteiger partial charge in [0.25, 0.3) is 0 Å². The summed E-state index contributed by atoms with van der Waals surface area (Å²) in [4.78, 5) is 29.1. The van der Waals surface area contributed by atoms with Gasteiger partial charge >= 0.3 is 0 Å². The molecule has 3 aromatic rings. The van der Waals surface area contributed by atoms with E-state index >= 15 is 0 Å². The number of hydrogen-bond donors (Lipinski definition) is 1. The molecule has 0 bridgehead atoms. The maximum Gasteiger partial charge on any atom is 0.231 e. The van der Waals surface area contributed by atoms with Crippen molar-refractivity contribution >= 4 is 52.1 Å². The van der Waals surface area contributed by atoms with Crippen LogP contribution in [0.4, 0.5) is 5.69 Å². The number of Topliss-reactive ketones (excluding diaryl/α,β-unsaturated/α-hetero) is 1. The Labute approximate surface area is 186 Å². The van der Waals surface area contributed by atoms with Crippen LogP contribution < -0.4 is 14.8 Å². The predicted molar refractivity (Wildman–Crippen MR) is 118 cm³/mol. The van der Waals surface area contributed by atoms with E-state index in [0.717, 1.165) is 9.90 Å². The summed E-state index contributed by atoms with van der Waals surface area (Å²) in [7, 11) is 0. The highest BCUT2D eigenvalue weighted by molar-refractivity contribution is 8.01. The molecule has 30 heavy (non-hydrogen) atoms. The average Bonchev–Trinajstić information content (AvgIpc) is 3.37. The number of carbonyl (C=O) groups is 2. The van der Waals surface area contributed by atoms with Gasteiger partial charge in [0.15, 0.2) is 21.6 Å². The summed E-state index contributed by atoms with van der Waals surface area (Å²) >= 11 is 8.85. The minimum Gasteiger partial charge on any atom is -0.454 e. The van der Waals surface area contributed by atoms with Gasteiger partial charge in [0, 0.05) is 21.7 Å². The first kappa shape index (κ1) is 20.7. The lowest BCUT2D eigenvalue weighted by Crippen LogP contribution is -2.14. The molecule has 4 rings (SSSR count). The number of rotatable bonds is 7. The van der Waals surface area contributed by atoms with Crippen LogP contribution in [-0.2, 0) is 11.2 Å². The minimum absolute atomic E-state index is 0.0240. The molecule has 1 aliphatic rings. The fourth-order valence-corrected chi connectivity index (χ4v) is 4.68. The highest BCUT2D eigenvalue weighted by Gasteiger charge is 2.17. The molecular formula is C21H17ClN2O4S2. The molecule has 1 N–H and O–H groups in total. The number of thioether (sulfide) groups is 1. The molecule has 0 fully saturated rings. The summed E-state index contributed by atoms with van der Waals surface area (Å²) < 4.78 is 11.3. The summed E-state index contributed by atoms with van der Waals surface area (Å²) in [5, 5.41) is 5.25. The van der Waals surface area contributed by atoms with Gasteiger partial charge in [0.1, 0.15) is 0 Å². The number of benzene rings is 2. The molecule has 2 aromatic carbocycles. The van der Waals surface area contributed by atoms with Crippen LogP contribution in [0.5, 0.6) is 11.5 Å². The van der Waals surface area contributed by atoms with Crippen molar-refractivity contribution in [3.8, 4) is 11.5 Å². The van der Waals surface area contributed by atoms with E-state index < -0.39 is 0 Å². The van der Waals surface area contributed by atoms with E-state index in [1.165, 1.54) is 23.1 Å². The highest BCUT2D eigenvalue weighted by Crippen LogP contribution is 2.33. The second kappa shape index (κ2) is 9.07. The van der Waals surface area contributed by atoms with Crippen molar-refractivity contribution in [1.29, 1.82) is 0 Å². The van der Waals surface area contributed by atoms with Crippen LogP contribution >= 0.6 is 34.7 Å². The Hall–Kier alpha value is -2.55. The Balaban J connectivity index is 1.30. The number of halogens is 1. The van der Waals surface area contributed by atoms with Gasteiger partial charge in [-0.15, -0.1) is 11.3 Å². The first-order valence-electron chi connectivity index (χ1n) is 9.04. The zero-order valence-electron chi connectivity index (χ0n) is 15.9. The fourth-order valence-electron chi connectivity index (χ4n) is 2.76. The highest BCUT2D eigenvalue weighted by atomic mass is 35.5. The molecular weight excluding hydrogens is 444 g/mol. The molecule has 1 aliphatic heterocycles. The number of aryl methyl sites for hydroxylation is 1. The molecule has 0 unspecified atom stereocenters. The van der Waals surface area contributed by atoms with E-state index in [9.17, 15) is 9.59 Å². The normalized spacial score (nSPS) is 12.1. The first-order chi connectivity index (χ1) is 14.5. The molecule has 0 radical (unpaired) electrons. The van der Waals surface area contributed by atoms with Gasteiger partial charge in [0.2, 0.25) is 12.7 Å². The van der Waals surface area contributed by atoms with Gasteiger partial charge < -0.3 is 14.8 Å². The van der Waals surface area contributed by atoms with Crippen LogP contribution in [0.25, 0.3) is 0 Å². The van der Waals surface area contributed by atoms with Crippen molar-refractivity contribution in [3.05, 3.63) is 63.6 Å². The first-order valence-corrected chi connectivity index (χ1v) is 11.3. The Bertz CT molecular complexity index is 1120. The van der Waals surface area contributed by atoms with Gasteiger partial charge in [-0.2, -0.15) is 0 Å². The lowest BCUT2D eigenvalue weighted by Gasteiger charge is -2.06. The summed E-state index contributed by atoms with van der Waals surface area (Å²) in [5.41, 5.74) is 2.83. The fraction of sp³-hybridized carbons (Fsp3) is 0.190. The number of fused-ring (bicyclic) bond motifs is 1. The smallest absolute Gasteiger partial charge is 0.231 e. The van der Waals surface area contributed by atoms with Crippen molar-refractivity contribution < 1.29 is 19.1 Å². The second-order valence-corrected chi connectivity index (χ2v) is 9.06. The molecule has 1 aromatic heterocycles. The molecule has 2 heterocycles. The lowest BCUT2D eigenvalue weighted by atomic mass is 10.1. The van der Waals surface area contributed by atoms with Crippen molar-refractivity contribution in [3.63, 3.8) is 0 Å². The van der Waals surface area contributed by atoms with E-state index in [0.29, 0.717) is 33.5 Å². The Morgan fingerprint density at radius 3 is 2.87 bits per heavy atom. The molecule has 0 atom stereocenters. The minimum atomic E-state index is -0.173. The number of amides is 1. The van der Waals surface area contributed by atoms with E-state index in [1.807, 2.05) is 24.4 Å². The number of ketones is 1. The second-order valence-electron chi connectivity index (χ2n) is 6.57. The van der Waals surface area contributed by atoms with Crippen LogP contribution in [0.1, 0.15) is 21.6 Å². The largest absolute Gasteiger partial charge is 0.454 e. The lowest BCUT2D eigenvalue weighted by molar-refractivity contribution is -0.115. The number of carbonyl (C=O) groups excluding carboxylic acids is 2. The van der Waals surface area contributed by atoms with E-state index in [1.54, 1.807) is 24.3 Å². The number of aromatic nitrogens is 1. The van der Waals surface area contributed by atoms with Crippen LogP contribution in [0.15, 0.2) is 46.1 Å². The summed E-state index contributed by atoms with van der Waals surface area (Å²) in [5.74, 6) is 1.29. The van der Waals surface area contributed by atoms with Crippen molar-refractivity contribution in [2.24, 2.45) is 0 Å². The molecule has 0 spiro atoms. The third-order valence-electron chi connectivity index (χ3n) is 4.35. The number of nitrogens with one attached hydrogen (secondary N) is 1. The van der Waals surface area contributed by atoms with Crippen molar-refractivity contribution in [2.45, 2.75) is 17.7 Å². The standard InChI is InChI=1S/C21H17ClN2O4S2/c1-12-2-4-14(7-16(12)22)23-20(26)8-15-9-29-21(24-15)30-10-17(25)13-3-5-18-19(6-13)28-11-27-18/h2-7,9H,8,10-11H2,1H3,(H,23,26). The Kier molecular flexibility index (Phi) is 6.26. The number of ether oxygens (including phenoxy) is 2. The maximum atomic E-state index is 12.4. The quantitative estimate of drug-likeness (QED) is 0.395. The number of anilines is 1. The maximum absolute atomic E-state index is 12.4. The predicted octanol–water partition coefficient (Wildman–Crippen LogP) is 4.99. The van der Waals surface area contributed by atoms with E-state index in [2.05, 4.69) is 10.3 Å². The van der Waals surface area contributed by atoms with Gasteiger partial charge in [-0.1, -0.05) is 29.4 Å². The molecule has 9 heteroatoms. The molecule has 0 aliphatic carbocycles.